The molecule has 1 saturated heterocycles. The van der Waals surface area contributed by atoms with E-state index in [0.29, 0.717) is 47.7 Å². The lowest BCUT2D eigenvalue weighted by Gasteiger charge is -2.29. The third-order valence-electron chi connectivity index (χ3n) is 6.29. The molecule has 0 atom stereocenters. The maximum absolute atomic E-state index is 14.5. The number of nitrogens with zero attached hydrogens (tertiary/aromatic N) is 7. The molecule has 1 aliphatic rings. The van der Waals surface area contributed by atoms with Gasteiger partial charge in [-0.25, -0.2) is 29.0 Å². The Hall–Kier alpha value is -4.90. The number of aromatic nitrogens is 6. The summed E-state index contributed by atoms with van der Waals surface area (Å²) in [6.07, 6.45) is 4.96. The number of hydrogen-bond acceptors (Lipinski definition) is 9. The quantitative estimate of drug-likeness (QED) is 0.329. The summed E-state index contributed by atoms with van der Waals surface area (Å²) in [5, 5.41) is 7.76. The van der Waals surface area contributed by atoms with Crippen molar-refractivity contribution in [2.24, 2.45) is 0 Å². The summed E-state index contributed by atoms with van der Waals surface area (Å²) in [5.74, 6) is 1.17. The van der Waals surface area contributed by atoms with E-state index in [0.717, 1.165) is 30.2 Å². The number of halogens is 1. The summed E-state index contributed by atoms with van der Waals surface area (Å²) in [5.41, 5.74) is 4.30. The lowest BCUT2D eigenvalue weighted by molar-refractivity contribution is 0.122. The van der Waals surface area contributed by atoms with Crippen LogP contribution in [0.25, 0.3) is 28.5 Å². The van der Waals surface area contributed by atoms with Crippen LogP contribution in [0.15, 0.2) is 79.4 Å². The van der Waals surface area contributed by atoms with Crippen LogP contribution in [0.5, 0.6) is 5.75 Å². The van der Waals surface area contributed by atoms with Crippen molar-refractivity contribution in [2.75, 3.05) is 43.6 Å². The van der Waals surface area contributed by atoms with Gasteiger partial charge in [-0.2, -0.15) is 0 Å². The van der Waals surface area contributed by atoms with Gasteiger partial charge in [0.15, 0.2) is 5.69 Å². The summed E-state index contributed by atoms with van der Waals surface area (Å²) in [7, 11) is 1.59. The van der Waals surface area contributed by atoms with Crippen LogP contribution in [0, 0.1) is 5.82 Å². The van der Waals surface area contributed by atoms with E-state index in [1.54, 1.807) is 48.7 Å². The molecule has 0 aliphatic carbocycles. The van der Waals surface area contributed by atoms with Gasteiger partial charge in [-0.1, -0.05) is 0 Å². The topological polar surface area (TPSA) is 103 Å². The first-order valence-electron chi connectivity index (χ1n) is 12.4. The van der Waals surface area contributed by atoms with Crippen LogP contribution in [0.3, 0.4) is 0 Å². The first-order valence-corrected chi connectivity index (χ1v) is 12.4. The molecule has 0 radical (unpaired) electrons. The Bertz CT molecular complexity index is 1590. The zero-order valence-electron chi connectivity index (χ0n) is 21.2. The molecule has 11 heteroatoms. The molecule has 0 saturated carbocycles. The zero-order valence-corrected chi connectivity index (χ0v) is 21.2. The van der Waals surface area contributed by atoms with Crippen molar-refractivity contribution >= 4 is 17.3 Å². The van der Waals surface area contributed by atoms with Crippen LogP contribution in [-0.4, -0.2) is 63.1 Å². The van der Waals surface area contributed by atoms with Gasteiger partial charge in [-0.3, -0.25) is 0 Å². The Morgan fingerprint density at radius 2 is 1.77 bits per heavy atom. The van der Waals surface area contributed by atoms with Crippen LogP contribution in [0.2, 0.25) is 0 Å². The van der Waals surface area contributed by atoms with Crippen LogP contribution < -0.4 is 15.0 Å². The van der Waals surface area contributed by atoms with E-state index in [2.05, 4.69) is 35.3 Å². The van der Waals surface area contributed by atoms with Crippen molar-refractivity contribution < 1.29 is 13.9 Å². The summed E-state index contributed by atoms with van der Waals surface area (Å²) in [4.78, 5) is 19.8. The number of nitrogens with one attached hydrogen (secondary N) is 1. The van der Waals surface area contributed by atoms with E-state index in [1.165, 1.54) is 6.07 Å². The fourth-order valence-electron chi connectivity index (χ4n) is 4.35. The third-order valence-corrected chi connectivity index (χ3v) is 6.29. The predicted molar refractivity (Wildman–Crippen MR) is 145 cm³/mol. The Kier molecular flexibility index (Phi) is 6.79. The fourth-order valence-corrected chi connectivity index (χ4v) is 4.35. The maximum Gasteiger partial charge on any atom is 0.227 e. The maximum atomic E-state index is 14.5. The molecular weight excluding hydrogens is 499 g/mol. The van der Waals surface area contributed by atoms with E-state index in [4.69, 9.17) is 9.47 Å². The normalized spacial score (nSPS) is 13.3. The van der Waals surface area contributed by atoms with Gasteiger partial charge in [0.25, 0.3) is 0 Å². The SMILES string of the molecule is COc1cccnc1-c1ncn(-c2ccc(Nc3nccc(-c4cc(F)cc(N5CCOCC5)c4)n3)cc2)n1. The van der Waals surface area contributed by atoms with E-state index in [9.17, 15) is 4.39 Å². The van der Waals surface area contributed by atoms with Crippen LogP contribution in [0.4, 0.5) is 21.7 Å². The van der Waals surface area contributed by atoms with Crippen molar-refractivity contribution in [3.8, 4) is 34.2 Å². The molecule has 0 unspecified atom stereocenters. The third kappa shape index (κ3) is 5.39. The van der Waals surface area contributed by atoms with Gasteiger partial charge in [-0.05, 0) is 60.7 Å². The molecule has 6 rings (SSSR count). The molecule has 196 valence electrons. The minimum Gasteiger partial charge on any atom is -0.494 e. The second kappa shape index (κ2) is 10.8. The monoisotopic (exact) mass is 524 g/mol. The highest BCUT2D eigenvalue weighted by Crippen LogP contribution is 2.28. The van der Waals surface area contributed by atoms with Gasteiger partial charge in [0, 0.05) is 42.4 Å². The van der Waals surface area contributed by atoms with Crippen molar-refractivity contribution in [2.45, 2.75) is 0 Å². The standard InChI is InChI=1S/C28H25FN8O2/c1-38-25-3-2-9-30-26(25)27-32-18-37(35-27)22-6-4-21(5-7-22)33-28-31-10-8-24(34-28)19-15-20(29)17-23(16-19)36-11-13-39-14-12-36/h2-10,15-18H,11-14H2,1H3,(H,31,33,34). The van der Waals surface area contributed by atoms with Gasteiger partial charge >= 0.3 is 0 Å². The number of ether oxygens (including phenoxy) is 2. The number of rotatable bonds is 7. The number of benzene rings is 2. The molecule has 0 amide bonds. The van der Waals surface area contributed by atoms with Gasteiger partial charge in [0.1, 0.15) is 17.9 Å². The number of anilines is 3. The summed E-state index contributed by atoms with van der Waals surface area (Å²) in [6.45, 7) is 2.71. The highest BCUT2D eigenvalue weighted by Gasteiger charge is 2.15. The van der Waals surface area contributed by atoms with Crippen molar-refractivity contribution in [3.05, 3.63) is 85.2 Å². The number of hydrogen-bond donors (Lipinski definition) is 1. The van der Waals surface area contributed by atoms with Crippen molar-refractivity contribution in [3.63, 3.8) is 0 Å². The molecule has 4 heterocycles. The Labute approximate surface area is 224 Å². The second-order valence-electron chi connectivity index (χ2n) is 8.80. The van der Waals surface area contributed by atoms with E-state index in [1.807, 2.05) is 36.4 Å². The molecular formula is C28H25FN8O2. The average Bonchev–Trinajstić information content (AvgIpc) is 3.48. The van der Waals surface area contributed by atoms with Gasteiger partial charge in [-0.15, -0.1) is 5.10 Å². The summed E-state index contributed by atoms with van der Waals surface area (Å²) < 4.78 is 26.9. The lowest BCUT2D eigenvalue weighted by atomic mass is 10.1. The van der Waals surface area contributed by atoms with Crippen LogP contribution in [0.1, 0.15) is 0 Å². The molecule has 5 aromatic rings. The minimum atomic E-state index is -0.310. The Morgan fingerprint density at radius 1 is 0.923 bits per heavy atom. The largest absolute Gasteiger partial charge is 0.494 e. The highest BCUT2D eigenvalue weighted by atomic mass is 19.1. The minimum absolute atomic E-state index is 0.310. The zero-order chi connectivity index (χ0) is 26.6. The predicted octanol–water partition coefficient (Wildman–Crippen LogP) is 4.51. The summed E-state index contributed by atoms with van der Waals surface area (Å²) in [6, 6.07) is 18.0. The number of morpholine rings is 1. The van der Waals surface area contributed by atoms with Gasteiger partial charge in [0.2, 0.25) is 11.8 Å². The molecule has 10 nitrogen and oxygen atoms in total. The molecule has 1 fully saturated rings. The van der Waals surface area contributed by atoms with Crippen LogP contribution >= 0.6 is 0 Å². The molecule has 0 spiro atoms. The van der Waals surface area contributed by atoms with Crippen molar-refractivity contribution in [1.82, 2.24) is 29.7 Å². The first kappa shape index (κ1) is 24.4. The molecule has 2 aromatic carbocycles. The summed E-state index contributed by atoms with van der Waals surface area (Å²) >= 11 is 0. The molecule has 0 bridgehead atoms. The lowest BCUT2D eigenvalue weighted by Crippen LogP contribution is -2.36. The Balaban J connectivity index is 1.19. The molecule has 39 heavy (non-hydrogen) atoms. The van der Waals surface area contributed by atoms with Gasteiger partial charge in [0.05, 0.1) is 31.7 Å². The smallest absolute Gasteiger partial charge is 0.227 e. The van der Waals surface area contributed by atoms with Gasteiger partial charge < -0.3 is 19.7 Å². The molecule has 3 aromatic heterocycles. The molecule has 1 aliphatic heterocycles. The first-order chi connectivity index (χ1) is 19.2. The number of methoxy groups -OCH3 is 1. The van der Waals surface area contributed by atoms with Crippen molar-refractivity contribution in [1.29, 1.82) is 0 Å². The second-order valence-corrected chi connectivity index (χ2v) is 8.80. The van der Waals surface area contributed by atoms with E-state index < -0.39 is 0 Å². The van der Waals surface area contributed by atoms with Crippen LogP contribution in [-0.2, 0) is 4.74 Å². The molecule has 1 N–H and O–H groups in total. The Morgan fingerprint density at radius 3 is 2.59 bits per heavy atom. The van der Waals surface area contributed by atoms with E-state index >= 15 is 0 Å². The highest BCUT2D eigenvalue weighted by molar-refractivity contribution is 5.67. The number of pyridine rings is 1. The van der Waals surface area contributed by atoms with E-state index in [-0.39, 0.29) is 5.82 Å². The average molecular weight is 525 g/mol. The fraction of sp³-hybridized carbons (Fsp3) is 0.179.